The summed E-state index contributed by atoms with van der Waals surface area (Å²) in [6, 6.07) is 12.1. The van der Waals surface area contributed by atoms with Crippen molar-refractivity contribution in [1.82, 2.24) is 25.1 Å². The van der Waals surface area contributed by atoms with Crippen LogP contribution in [-0.4, -0.2) is 32.2 Å². The second kappa shape index (κ2) is 7.75. The number of hydrogen-bond acceptors (Lipinski definition) is 7. The summed E-state index contributed by atoms with van der Waals surface area (Å²) < 4.78 is 56.4. The first kappa shape index (κ1) is 20.2. The first-order chi connectivity index (χ1) is 15.4. The van der Waals surface area contributed by atoms with E-state index in [4.69, 9.17) is 14.0 Å². The SMILES string of the molecule is COc1ccc(C2Cn3nnc(-c4nc(-c5ccc(C(F)(F)F)cc5)no4)c3CO2)cc1. The van der Waals surface area contributed by atoms with Crippen molar-refractivity contribution in [2.45, 2.75) is 25.4 Å². The highest BCUT2D eigenvalue weighted by molar-refractivity contribution is 5.59. The third-order valence-electron chi connectivity index (χ3n) is 5.18. The zero-order valence-corrected chi connectivity index (χ0v) is 16.7. The molecule has 0 aliphatic carbocycles. The fourth-order valence-corrected chi connectivity index (χ4v) is 3.44. The minimum atomic E-state index is -4.41. The Kier molecular flexibility index (Phi) is 4.89. The van der Waals surface area contributed by atoms with Crippen LogP contribution in [-0.2, 0) is 24.1 Å². The van der Waals surface area contributed by atoms with E-state index in [0.29, 0.717) is 23.5 Å². The number of rotatable bonds is 4. The van der Waals surface area contributed by atoms with Gasteiger partial charge in [0.05, 0.1) is 31.5 Å². The van der Waals surface area contributed by atoms with Crippen LogP contribution in [0.15, 0.2) is 53.1 Å². The molecule has 1 atom stereocenters. The Morgan fingerprint density at radius 2 is 1.81 bits per heavy atom. The average Bonchev–Trinajstić information content (AvgIpc) is 3.45. The second-order valence-corrected chi connectivity index (χ2v) is 7.14. The van der Waals surface area contributed by atoms with E-state index < -0.39 is 11.7 Å². The maximum atomic E-state index is 12.8. The highest BCUT2D eigenvalue weighted by atomic mass is 19.4. The minimum Gasteiger partial charge on any atom is -0.497 e. The van der Waals surface area contributed by atoms with Crippen LogP contribution in [0.5, 0.6) is 5.75 Å². The summed E-state index contributed by atoms with van der Waals surface area (Å²) in [4.78, 5) is 4.27. The van der Waals surface area contributed by atoms with Crippen molar-refractivity contribution < 1.29 is 27.2 Å². The van der Waals surface area contributed by atoms with Crippen LogP contribution < -0.4 is 4.74 Å². The van der Waals surface area contributed by atoms with Crippen LogP contribution in [0, 0.1) is 0 Å². The molecule has 0 amide bonds. The van der Waals surface area contributed by atoms with Gasteiger partial charge in [-0.1, -0.05) is 34.6 Å². The normalized spacial score (nSPS) is 16.1. The molecule has 2 aromatic carbocycles. The number of ether oxygens (including phenoxy) is 2. The Morgan fingerprint density at radius 3 is 2.50 bits per heavy atom. The number of halogens is 3. The molecule has 0 N–H and O–H groups in total. The van der Waals surface area contributed by atoms with E-state index in [1.807, 2.05) is 24.3 Å². The summed E-state index contributed by atoms with van der Waals surface area (Å²) in [6.45, 7) is 0.686. The van der Waals surface area contributed by atoms with E-state index in [9.17, 15) is 13.2 Å². The third kappa shape index (κ3) is 3.71. The average molecular weight is 443 g/mol. The van der Waals surface area contributed by atoms with Crippen LogP contribution in [0.25, 0.3) is 23.0 Å². The van der Waals surface area contributed by atoms with Gasteiger partial charge in [0.15, 0.2) is 5.69 Å². The Morgan fingerprint density at radius 1 is 1.06 bits per heavy atom. The van der Waals surface area contributed by atoms with Crippen molar-refractivity contribution in [2.24, 2.45) is 0 Å². The standard InChI is InChI=1S/C21H16F3N5O3/c1-30-15-8-4-12(5-9-15)17-10-29-16(11-31-17)18(26-28-29)20-25-19(27-32-20)13-2-6-14(7-3-13)21(22,23)24/h2-9,17H,10-11H2,1H3. The monoisotopic (exact) mass is 443 g/mol. The summed E-state index contributed by atoms with van der Waals surface area (Å²) in [5.74, 6) is 1.03. The molecule has 0 radical (unpaired) electrons. The molecule has 164 valence electrons. The summed E-state index contributed by atoms with van der Waals surface area (Å²) >= 11 is 0. The highest BCUT2D eigenvalue weighted by Crippen LogP contribution is 2.33. The smallest absolute Gasteiger partial charge is 0.416 e. The molecule has 4 aromatic rings. The van der Waals surface area contributed by atoms with Crippen molar-refractivity contribution in [1.29, 1.82) is 0 Å². The Bertz CT molecular complexity index is 1230. The lowest BCUT2D eigenvalue weighted by molar-refractivity contribution is -0.137. The van der Waals surface area contributed by atoms with E-state index in [0.717, 1.165) is 23.4 Å². The molecule has 0 fully saturated rings. The zero-order chi connectivity index (χ0) is 22.3. The van der Waals surface area contributed by atoms with Gasteiger partial charge in [0, 0.05) is 5.56 Å². The molecule has 1 aliphatic heterocycles. The van der Waals surface area contributed by atoms with Gasteiger partial charge in [0.1, 0.15) is 11.9 Å². The third-order valence-corrected chi connectivity index (χ3v) is 5.18. The lowest BCUT2D eigenvalue weighted by Crippen LogP contribution is -2.22. The van der Waals surface area contributed by atoms with E-state index in [-0.39, 0.29) is 24.4 Å². The Labute approximate surface area is 179 Å². The van der Waals surface area contributed by atoms with Gasteiger partial charge in [-0.3, -0.25) is 0 Å². The van der Waals surface area contributed by atoms with E-state index in [1.165, 1.54) is 12.1 Å². The quantitative estimate of drug-likeness (QED) is 0.465. The molecular weight excluding hydrogens is 427 g/mol. The van der Waals surface area contributed by atoms with E-state index in [1.54, 1.807) is 11.8 Å². The summed E-state index contributed by atoms with van der Waals surface area (Å²) in [5, 5.41) is 12.2. The second-order valence-electron chi connectivity index (χ2n) is 7.14. The number of benzene rings is 2. The Balaban J connectivity index is 1.36. The topological polar surface area (TPSA) is 88.1 Å². The number of methoxy groups -OCH3 is 1. The molecule has 1 aliphatic rings. The predicted octanol–water partition coefficient (Wildman–Crippen LogP) is 4.29. The maximum Gasteiger partial charge on any atom is 0.416 e. The van der Waals surface area contributed by atoms with Crippen molar-refractivity contribution in [3.8, 4) is 28.7 Å². The van der Waals surface area contributed by atoms with Gasteiger partial charge in [-0.2, -0.15) is 18.2 Å². The van der Waals surface area contributed by atoms with Gasteiger partial charge < -0.3 is 14.0 Å². The highest BCUT2D eigenvalue weighted by Gasteiger charge is 2.31. The minimum absolute atomic E-state index is 0.118. The lowest BCUT2D eigenvalue weighted by atomic mass is 10.1. The number of nitrogens with zero attached hydrogens (tertiary/aromatic N) is 5. The van der Waals surface area contributed by atoms with Crippen molar-refractivity contribution >= 4 is 0 Å². The summed E-state index contributed by atoms with van der Waals surface area (Å²) in [6.07, 6.45) is -4.61. The fraction of sp³-hybridized carbons (Fsp3) is 0.238. The molecule has 1 unspecified atom stereocenters. The first-order valence-corrected chi connectivity index (χ1v) is 9.62. The van der Waals surface area contributed by atoms with Gasteiger partial charge in [-0.05, 0) is 29.8 Å². The molecule has 3 heterocycles. The molecule has 2 aromatic heterocycles. The maximum absolute atomic E-state index is 12.8. The number of fused-ring (bicyclic) bond motifs is 1. The molecule has 32 heavy (non-hydrogen) atoms. The van der Waals surface area contributed by atoms with Gasteiger partial charge in [0.25, 0.3) is 5.89 Å². The number of hydrogen-bond donors (Lipinski definition) is 0. The van der Waals surface area contributed by atoms with Crippen LogP contribution >= 0.6 is 0 Å². The van der Waals surface area contributed by atoms with Crippen LogP contribution in [0.1, 0.15) is 22.9 Å². The van der Waals surface area contributed by atoms with Gasteiger partial charge >= 0.3 is 6.18 Å². The molecule has 0 saturated heterocycles. The van der Waals surface area contributed by atoms with E-state index in [2.05, 4.69) is 20.5 Å². The Hall–Kier alpha value is -3.73. The zero-order valence-electron chi connectivity index (χ0n) is 16.7. The molecule has 8 nitrogen and oxygen atoms in total. The van der Waals surface area contributed by atoms with Gasteiger partial charge in [0.2, 0.25) is 5.82 Å². The fourth-order valence-electron chi connectivity index (χ4n) is 3.44. The van der Waals surface area contributed by atoms with Crippen molar-refractivity contribution in [3.63, 3.8) is 0 Å². The lowest BCUT2D eigenvalue weighted by Gasteiger charge is -2.24. The number of alkyl halides is 3. The summed E-state index contributed by atoms with van der Waals surface area (Å²) in [7, 11) is 1.61. The molecule has 0 bridgehead atoms. The molecular formula is C21H16F3N5O3. The van der Waals surface area contributed by atoms with Gasteiger partial charge in [-0.15, -0.1) is 5.10 Å². The van der Waals surface area contributed by atoms with Crippen molar-refractivity contribution in [2.75, 3.05) is 7.11 Å². The van der Waals surface area contributed by atoms with Gasteiger partial charge in [-0.25, -0.2) is 4.68 Å². The van der Waals surface area contributed by atoms with Crippen molar-refractivity contribution in [3.05, 3.63) is 65.4 Å². The largest absolute Gasteiger partial charge is 0.497 e. The number of aromatic nitrogens is 5. The summed E-state index contributed by atoms with van der Waals surface area (Å²) in [5.41, 5.74) is 1.68. The van der Waals surface area contributed by atoms with Crippen LogP contribution in [0.4, 0.5) is 13.2 Å². The molecule has 0 spiro atoms. The van der Waals surface area contributed by atoms with Crippen LogP contribution in [0.3, 0.4) is 0 Å². The molecule has 0 saturated carbocycles. The predicted molar refractivity (Wildman–Crippen MR) is 104 cm³/mol. The van der Waals surface area contributed by atoms with Crippen LogP contribution in [0.2, 0.25) is 0 Å². The molecule has 5 rings (SSSR count). The van der Waals surface area contributed by atoms with E-state index >= 15 is 0 Å². The molecule has 11 heteroatoms. The first-order valence-electron chi connectivity index (χ1n) is 9.62.